The number of hydrogen-bond donors (Lipinski definition) is 2. The van der Waals surface area contributed by atoms with Crippen LogP contribution in [0, 0.1) is 19.7 Å². The van der Waals surface area contributed by atoms with Crippen LogP contribution >= 0.6 is 0 Å². The number of halogens is 1. The first-order chi connectivity index (χ1) is 18.0. The van der Waals surface area contributed by atoms with Crippen LogP contribution in [0.3, 0.4) is 0 Å². The van der Waals surface area contributed by atoms with Gasteiger partial charge in [-0.05, 0) is 104 Å². The number of aliphatic hydroxyl groups is 1. The normalized spacial score (nSPS) is 18.2. The molecule has 0 saturated carbocycles. The summed E-state index contributed by atoms with van der Waals surface area (Å²) in [5, 5.41) is 19.1. The van der Waals surface area contributed by atoms with E-state index in [4.69, 9.17) is 14.6 Å². The van der Waals surface area contributed by atoms with Crippen LogP contribution in [0.4, 0.5) is 4.39 Å². The number of aryl methyl sites for hydroxylation is 2. The van der Waals surface area contributed by atoms with Crippen LogP contribution in [-0.2, 0) is 17.6 Å². The van der Waals surface area contributed by atoms with Crippen molar-refractivity contribution in [2.24, 2.45) is 0 Å². The molecule has 0 radical (unpaired) electrons. The number of carboxylic acids is 1. The molecule has 2 heterocycles. The van der Waals surface area contributed by atoms with Gasteiger partial charge in [0.25, 0.3) is 0 Å². The molecule has 38 heavy (non-hydrogen) atoms. The molecule has 5 rings (SSSR count). The molecule has 7 heteroatoms. The highest BCUT2D eigenvalue weighted by molar-refractivity contribution is 5.76. The Balaban J connectivity index is 1.41. The molecule has 1 aliphatic carbocycles. The van der Waals surface area contributed by atoms with Gasteiger partial charge < -0.3 is 19.7 Å². The number of pyridine rings is 1. The maximum Gasteiger partial charge on any atom is 0.304 e. The van der Waals surface area contributed by atoms with E-state index in [1.54, 1.807) is 26.1 Å². The van der Waals surface area contributed by atoms with Crippen LogP contribution in [0.1, 0.15) is 72.0 Å². The number of rotatable bonds is 8. The van der Waals surface area contributed by atoms with Crippen LogP contribution < -0.4 is 9.47 Å². The van der Waals surface area contributed by atoms with Gasteiger partial charge in [0.2, 0.25) is 0 Å². The van der Waals surface area contributed by atoms with Crippen LogP contribution in [0.2, 0.25) is 0 Å². The second-order valence-corrected chi connectivity index (χ2v) is 11.3. The SMILES string of the molecule is Cc1cc(OCC(C)(C)O)cc(C)c1-c1ccc(F)c2c1CC[C@H]2Cc1cc2c(cn1)[C@H](CC(=O)O)CO2. The number of nitrogens with zero attached hydrogens (tertiary/aromatic N) is 1. The Bertz CT molecular complexity index is 1370. The first-order valence-electron chi connectivity index (χ1n) is 13.1. The third-order valence-electron chi connectivity index (χ3n) is 7.53. The van der Waals surface area contributed by atoms with E-state index >= 15 is 4.39 Å². The Kier molecular flexibility index (Phi) is 6.90. The van der Waals surface area contributed by atoms with Crippen LogP contribution in [0.25, 0.3) is 11.1 Å². The molecule has 0 bridgehead atoms. The number of aliphatic carboxylic acids is 1. The second-order valence-electron chi connectivity index (χ2n) is 11.3. The average Bonchev–Trinajstić information content (AvgIpc) is 3.43. The smallest absolute Gasteiger partial charge is 0.304 e. The van der Waals surface area contributed by atoms with Gasteiger partial charge in [-0.25, -0.2) is 4.39 Å². The molecule has 2 atom stereocenters. The van der Waals surface area contributed by atoms with E-state index < -0.39 is 11.6 Å². The van der Waals surface area contributed by atoms with Gasteiger partial charge in [0.05, 0.1) is 18.6 Å². The molecule has 2 aromatic carbocycles. The molecule has 2 N–H and O–H groups in total. The van der Waals surface area contributed by atoms with E-state index in [1.165, 1.54) is 0 Å². The number of hydrogen-bond acceptors (Lipinski definition) is 5. The fourth-order valence-electron chi connectivity index (χ4n) is 5.88. The van der Waals surface area contributed by atoms with Gasteiger partial charge in [-0.3, -0.25) is 9.78 Å². The first-order valence-corrected chi connectivity index (χ1v) is 13.1. The highest BCUT2D eigenvalue weighted by atomic mass is 19.1. The number of aromatic nitrogens is 1. The predicted octanol–water partition coefficient (Wildman–Crippen LogP) is 5.88. The van der Waals surface area contributed by atoms with Gasteiger partial charge in [-0.1, -0.05) is 6.07 Å². The van der Waals surface area contributed by atoms with Crippen molar-refractivity contribution in [2.45, 2.75) is 70.8 Å². The zero-order valence-electron chi connectivity index (χ0n) is 22.3. The van der Waals surface area contributed by atoms with Crippen LogP contribution in [-0.4, -0.2) is 40.0 Å². The third kappa shape index (κ3) is 5.25. The summed E-state index contributed by atoms with van der Waals surface area (Å²) in [7, 11) is 0. The number of carboxylic acid groups (broad SMARTS) is 1. The number of benzene rings is 2. The Morgan fingerprint density at radius 1 is 1.18 bits per heavy atom. The lowest BCUT2D eigenvalue weighted by molar-refractivity contribution is -0.137. The molecule has 2 aliphatic rings. The highest BCUT2D eigenvalue weighted by Crippen LogP contribution is 2.45. The van der Waals surface area contributed by atoms with Gasteiger partial charge in [0.1, 0.15) is 23.9 Å². The second kappa shape index (κ2) is 10.0. The fraction of sp³-hybridized carbons (Fsp3) is 0.419. The molecular formula is C31H34FNO5. The lowest BCUT2D eigenvalue weighted by Gasteiger charge is -2.20. The predicted molar refractivity (Wildman–Crippen MR) is 143 cm³/mol. The van der Waals surface area contributed by atoms with E-state index in [-0.39, 0.29) is 30.7 Å². The summed E-state index contributed by atoms with van der Waals surface area (Å²) in [4.78, 5) is 15.7. The van der Waals surface area contributed by atoms with Gasteiger partial charge >= 0.3 is 5.97 Å². The summed E-state index contributed by atoms with van der Waals surface area (Å²) in [6.45, 7) is 8.03. The summed E-state index contributed by atoms with van der Waals surface area (Å²) in [6.07, 6.45) is 3.95. The molecule has 0 spiro atoms. The fourth-order valence-corrected chi connectivity index (χ4v) is 5.88. The summed E-state index contributed by atoms with van der Waals surface area (Å²) >= 11 is 0. The van der Waals surface area contributed by atoms with Crippen molar-refractivity contribution in [1.29, 1.82) is 0 Å². The van der Waals surface area contributed by atoms with Crippen molar-refractivity contribution >= 4 is 5.97 Å². The van der Waals surface area contributed by atoms with E-state index in [0.717, 1.165) is 57.5 Å². The van der Waals surface area contributed by atoms with Crippen molar-refractivity contribution in [3.8, 4) is 22.6 Å². The van der Waals surface area contributed by atoms with Gasteiger partial charge in [0.15, 0.2) is 0 Å². The topological polar surface area (TPSA) is 88.9 Å². The number of fused-ring (bicyclic) bond motifs is 2. The highest BCUT2D eigenvalue weighted by Gasteiger charge is 2.31. The van der Waals surface area contributed by atoms with Gasteiger partial charge in [-0.15, -0.1) is 0 Å². The van der Waals surface area contributed by atoms with Gasteiger partial charge in [0, 0.05) is 29.4 Å². The Morgan fingerprint density at radius 3 is 2.61 bits per heavy atom. The standard InChI is InChI=1S/C31H34FNO5/c1-17-9-22(38-16-31(3,4)36)10-18(2)29(17)23-7-8-26(32)30-19(5-6-24(23)30)11-21-13-27-25(14-33-21)20(15-37-27)12-28(34)35/h7-10,13-14,19-20,36H,5-6,11-12,15-16H2,1-4H3,(H,34,35)/t19-,20+/m0/s1. The molecule has 0 saturated heterocycles. The number of ether oxygens (including phenoxy) is 2. The zero-order valence-corrected chi connectivity index (χ0v) is 22.3. The summed E-state index contributed by atoms with van der Waals surface area (Å²) < 4.78 is 26.8. The minimum Gasteiger partial charge on any atom is -0.493 e. The van der Waals surface area contributed by atoms with E-state index in [2.05, 4.69) is 4.98 Å². The van der Waals surface area contributed by atoms with E-state index in [1.807, 2.05) is 38.1 Å². The largest absolute Gasteiger partial charge is 0.493 e. The monoisotopic (exact) mass is 519 g/mol. The maximum atomic E-state index is 15.3. The lowest BCUT2D eigenvalue weighted by Crippen LogP contribution is -2.27. The average molecular weight is 520 g/mol. The van der Waals surface area contributed by atoms with Crippen LogP contribution in [0.15, 0.2) is 36.5 Å². The van der Waals surface area contributed by atoms with Gasteiger partial charge in [-0.2, -0.15) is 0 Å². The molecule has 0 fully saturated rings. The minimum absolute atomic E-state index is 0.00160. The van der Waals surface area contributed by atoms with E-state index in [0.29, 0.717) is 24.5 Å². The molecule has 6 nitrogen and oxygen atoms in total. The minimum atomic E-state index is -0.923. The maximum absolute atomic E-state index is 15.3. The van der Waals surface area contributed by atoms with E-state index in [9.17, 15) is 9.90 Å². The molecular weight excluding hydrogens is 485 g/mol. The van der Waals surface area contributed by atoms with Crippen molar-refractivity contribution in [2.75, 3.05) is 13.2 Å². The molecule has 3 aromatic rings. The van der Waals surface area contributed by atoms with Crippen LogP contribution in [0.5, 0.6) is 11.5 Å². The Morgan fingerprint density at radius 2 is 1.92 bits per heavy atom. The molecule has 1 aromatic heterocycles. The first kappa shape index (κ1) is 26.2. The Labute approximate surface area is 222 Å². The molecule has 0 amide bonds. The summed E-state index contributed by atoms with van der Waals surface area (Å²) in [6, 6.07) is 9.29. The summed E-state index contributed by atoms with van der Waals surface area (Å²) in [5.74, 6) is 0.165. The van der Waals surface area contributed by atoms with Crippen molar-refractivity contribution in [3.05, 3.63) is 75.9 Å². The van der Waals surface area contributed by atoms with Crippen molar-refractivity contribution in [3.63, 3.8) is 0 Å². The Hall–Kier alpha value is -3.45. The molecule has 1 aliphatic heterocycles. The zero-order chi connectivity index (χ0) is 27.2. The molecule has 200 valence electrons. The third-order valence-corrected chi connectivity index (χ3v) is 7.53. The summed E-state index contributed by atoms with van der Waals surface area (Å²) in [5.41, 5.74) is 6.76. The lowest BCUT2D eigenvalue weighted by atomic mass is 9.88. The number of carbonyl (C=O) groups is 1. The molecule has 0 unspecified atom stereocenters. The van der Waals surface area contributed by atoms with Crippen molar-refractivity contribution in [1.82, 2.24) is 4.98 Å². The van der Waals surface area contributed by atoms with Crippen molar-refractivity contribution < 1.29 is 28.9 Å². The quantitative estimate of drug-likeness (QED) is 0.387.